The van der Waals surface area contributed by atoms with Crippen LogP contribution in [0.25, 0.3) is 0 Å². The average Bonchev–Trinajstić information content (AvgIpc) is 3.03. The van der Waals surface area contributed by atoms with E-state index in [0.29, 0.717) is 0 Å². The summed E-state index contributed by atoms with van der Waals surface area (Å²) in [5.41, 5.74) is 10.1. The summed E-state index contributed by atoms with van der Waals surface area (Å²) in [4.78, 5) is 10.9. The third kappa shape index (κ3) is 17.5. The van der Waals surface area contributed by atoms with Crippen molar-refractivity contribution >= 4 is 22.8 Å². The number of aryl methyl sites for hydroxylation is 4. The third-order valence-corrected chi connectivity index (χ3v) is 8.43. The SMILES string of the molecule is CCCCCCC=CC(=Nc1cc(CCCC)cc(CCCC)c1)C(CCCC)=Nc1cc(CCCC)cc(CCCC)c1.[Ni]. The molecule has 2 aromatic carbocycles. The molecule has 0 bridgehead atoms. The van der Waals surface area contributed by atoms with Gasteiger partial charge in [0.05, 0.1) is 22.8 Å². The Hall–Kier alpha value is -1.99. The van der Waals surface area contributed by atoms with E-state index in [1.54, 1.807) is 0 Å². The fraction of sp³-hybridized carbons (Fsp3) is 0.619. The van der Waals surface area contributed by atoms with Gasteiger partial charge in [0.15, 0.2) is 0 Å². The van der Waals surface area contributed by atoms with Crippen LogP contribution in [0.1, 0.15) is 167 Å². The van der Waals surface area contributed by atoms with Gasteiger partial charge >= 0.3 is 0 Å². The van der Waals surface area contributed by atoms with Crippen LogP contribution in [0.15, 0.2) is 58.5 Å². The molecule has 0 saturated heterocycles. The smallest absolute Gasteiger partial charge is 0.0848 e. The van der Waals surface area contributed by atoms with Crippen molar-refractivity contribution in [3.05, 3.63) is 70.8 Å². The topological polar surface area (TPSA) is 24.7 Å². The van der Waals surface area contributed by atoms with Gasteiger partial charge < -0.3 is 0 Å². The largest absolute Gasteiger partial charge is 0.251 e. The molecule has 2 nitrogen and oxygen atoms in total. The molecular weight excluding hydrogens is 591 g/mol. The normalized spacial score (nSPS) is 12.2. The van der Waals surface area contributed by atoms with Crippen LogP contribution < -0.4 is 0 Å². The molecule has 0 aliphatic heterocycles. The van der Waals surface area contributed by atoms with Gasteiger partial charge in [-0.05, 0) is 130 Å². The standard InChI is InChI=1S/C42H66N2.Ni/c1-7-13-19-20-21-22-28-42(44-40-33-37(25-16-10-4)30-38(34-40)26-17-11-5)41(27-18-12-6)43-39-31-35(23-14-8-2)29-36(32-39)24-15-9-3;/h22,28-34H,7-21,23-27H2,1-6H3;. The number of hydrogen-bond donors (Lipinski definition) is 0. The first-order valence-corrected chi connectivity index (χ1v) is 18.6. The van der Waals surface area contributed by atoms with Gasteiger partial charge in [-0.15, -0.1) is 0 Å². The van der Waals surface area contributed by atoms with Gasteiger partial charge in [-0.25, -0.2) is 4.99 Å². The van der Waals surface area contributed by atoms with Gasteiger partial charge in [0, 0.05) is 16.5 Å². The molecule has 3 heteroatoms. The molecule has 0 aliphatic carbocycles. The van der Waals surface area contributed by atoms with E-state index in [1.807, 2.05) is 0 Å². The number of unbranched alkanes of at least 4 members (excludes halogenated alkanes) is 9. The zero-order valence-corrected chi connectivity index (χ0v) is 31.0. The second-order valence-electron chi connectivity index (χ2n) is 12.8. The molecule has 0 radical (unpaired) electrons. The van der Waals surface area contributed by atoms with Crippen LogP contribution in [0.5, 0.6) is 0 Å². The van der Waals surface area contributed by atoms with Crippen LogP contribution in [0.3, 0.4) is 0 Å². The van der Waals surface area contributed by atoms with Crippen LogP contribution in [0.4, 0.5) is 11.4 Å². The van der Waals surface area contributed by atoms with Crippen molar-refractivity contribution in [1.82, 2.24) is 0 Å². The zero-order chi connectivity index (χ0) is 31.8. The third-order valence-electron chi connectivity index (χ3n) is 8.43. The minimum atomic E-state index is 0. The minimum Gasteiger partial charge on any atom is -0.251 e. The molecule has 0 N–H and O–H groups in total. The molecule has 0 fully saturated rings. The Morgan fingerprint density at radius 1 is 0.489 bits per heavy atom. The second kappa shape index (κ2) is 26.1. The number of aliphatic imine (C=N–C) groups is 2. The maximum Gasteiger partial charge on any atom is 0.0848 e. The van der Waals surface area contributed by atoms with Gasteiger partial charge in [-0.3, -0.25) is 4.99 Å². The Balaban J connectivity index is 0.0000101. The molecule has 0 spiro atoms. The summed E-state index contributed by atoms with van der Waals surface area (Å²) in [5.74, 6) is 0. The van der Waals surface area contributed by atoms with Crippen molar-refractivity contribution in [3.63, 3.8) is 0 Å². The van der Waals surface area contributed by atoms with Crippen molar-refractivity contribution in [3.8, 4) is 0 Å². The van der Waals surface area contributed by atoms with E-state index in [4.69, 9.17) is 9.98 Å². The van der Waals surface area contributed by atoms with Gasteiger partial charge in [-0.2, -0.15) is 0 Å². The van der Waals surface area contributed by atoms with Gasteiger partial charge in [-0.1, -0.05) is 111 Å². The number of benzene rings is 2. The monoisotopic (exact) mass is 656 g/mol. The van der Waals surface area contributed by atoms with Crippen LogP contribution >= 0.6 is 0 Å². The summed E-state index contributed by atoms with van der Waals surface area (Å²) in [6.45, 7) is 13.7. The summed E-state index contributed by atoms with van der Waals surface area (Å²) < 4.78 is 0. The van der Waals surface area contributed by atoms with Gasteiger partial charge in [0.25, 0.3) is 0 Å². The Labute approximate surface area is 289 Å². The summed E-state index contributed by atoms with van der Waals surface area (Å²) in [7, 11) is 0. The molecule has 0 amide bonds. The molecule has 0 heterocycles. The van der Waals surface area contributed by atoms with E-state index in [2.05, 4.69) is 90.1 Å². The van der Waals surface area contributed by atoms with Crippen molar-refractivity contribution in [1.29, 1.82) is 0 Å². The summed E-state index contributed by atoms with van der Waals surface area (Å²) in [6, 6.07) is 14.2. The maximum atomic E-state index is 5.44. The number of allylic oxidation sites excluding steroid dienone is 2. The maximum absolute atomic E-state index is 5.44. The minimum absolute atomic E-state index is 0. The Morgan fingerprint density at radius 3 is 1.33 bits per heavy atom. The van der Waals surface area contributed by atoms with Crippen LogP contribution in [0, 0.1) is 0 Å². The van der Waals surface area contributed by atoms with Crippen LogP contribution in [-0.4, -0.2) is 11.4 Å². The predicted octanol–water partition coefficient (Wildman–Crippen LogP) is 13.6. The average molecular weight is 658 g/mol. The van der Waals surface area contributed by atoms with Crippen molar-refractivity contribution in [2.45, 2.75) is 170 Å². The number of nitrogens with zero attached hydrogens (tertiary/aromatic N) is 2. The number of hydrogen-bond acceptors (Lipinski definition) is 2. The molecule has 254 valence electrons. The van der Waals surface area contributed by atoms with E-state index in [0.717, 1.165) is 74.2 Å². The molecule has 0 atom stereocenters. The molecule has 0 aliphatic rings. The summed E-state index contributed by atoms with van der Waals surface area (Å²) in [6.07, 6.45) is 28.4. The molecule has 0 aromatic heterocycles. The Morgan fingerprint density at radius 2 is 0.911 bits per heavy atom. The van der Waals surface area contributed by atoms with Crippen molar-refractivity contribution in [2.75, 3.05) is 0 Å². The fourth-order valence-corrected chi connectivity index (χ4v) is 5.68. The zero-order valence-electron chi connectivity index (χ0n) is 30.0. The van der Waals surface area contributed by atoms with E-state index in [9.17, 15) is 0 Å². The van der Waals surface area contributed by atoms with Crippen LogP contribution in [0.2, 0.25) is 0 Å². The summed E-state index contributed by atoms with van der Waals surface area (Å²) >= 11 is 0. The van der Waals surface area contributed by atoms with E-state index in [1.165, 1.54) is 99.3 Å². The molecular formula is C42H66N2Ni. The Bertz CT molecular complexity index is 1090. The molecule has 2 rings (SSSR count). The molecule has 0 saturated carbocycles. The van der Waals surface area contributed by atoms with E-state index in [-0.39, 0.29) is 16.5 Å². The second-order valence-corrected chi connectivity index (χ2v) is 12.8. The predicted molar refractivity (Wildman–Crippen MR) is 199 cm³/mol. The van der Waals surface area contributed by atoms with E-state index >= 15 is 0 Å². The van der Waals surface area contributed by atoms with Gasteiger partial charge in [0.1, 0.15) is 0 Å². The quantitative estimate of drug-likeness (QED) is 0.0610. The fourth-order valence-electron chi connectivity index (χ4n) is 5.68. The molecule has 2 aromatic rings. The first-order valence-electron chi connectivity index (χ1n) is 18.6. The molecule has 45 heavy (non-hydrogen) atoms. The first kappa shape index (κ1) is 41.0. The van der Waals surface area contributed by atoms with Crippen molar-refractivity contribution in [2.24, 2.45) is 9.98 Å². The number of rotatable bonds is 24. The molecule has 0 unspecified atom stereocenters. The van der Waals surface area contributed by atoms with Gasteiger partial charge in [0.2, 0.25) is 0 Å². The van der Waals surface area contributed by atoms with E-state index < -0.39 is 0 Å². The van der Waals surface area contributed by atoms with Crippen LogP contribution in [-0.2, 0) is 42.2 Å². The van der Waals surface area contributed by atoms with Crippen molar-refractivity contribution < 1.29 is 16.5 Å². The summed E-state index contributed by atoms with van der Waals surface area (Å²) in [5, 5.41) is 0. The Kier molecular flexibility index (Phi) is 23.8. The first-order chi connectivity index (χ1) is 21.6.